The number of piperidine rings is 1. The molecule has 3 atom stereocenters. The molecule has 1 saturated carbocycles. The van der Waals surface area contributed by atoms with Crippen LogP contribution < -0.4 is 5.32 Å². The third kappa shape index (κ3) is 3.49. The number of hydrogen-bond acceptors (Lipinski definition) is 2. The standard InChI is InChI=1S/C16H28N2/c1-4-10-18-11-8-15(9-12-18)17-16-7-5-6-13(2)14(16)3/h1,13-17H,5-12H2,2-3H3. The molecular formula is C16H28N2. The molecule has 2 nitrogen and oxygen atoms in total. The lowest BCUT2D eigenvalue weighted by Gasteiger charge is -2.39. The molecule has 1 heterocycles. The van der Waals surface area contributed by atoms with Crippen molar-refractivity contribution in [3.63, 3.8) is 0 Å². The summed E-state index contributed by atoms with van der Waals surface area (Å²) in [4.78, 5) is 2.39. The maximum absolute atomic E-state index is 5.37. The second-order valence-corrected chi connectivity index (χ2v) is 6.30. The SMILES string of the molecule is C#CCN1CCC(NC2CCCC(C)C2C)CC1. The van der Waals surface area contributed by atoms with Gasteiger partial charge < -0.3 is 5.32 Å². The number of nitrogens with one attached hydrogen (secondary N) is 1. The quantitative estimate of drug-likeness (QED) is 0.772. The second-order valence-electron chi connectivity index (χ2n) is 6.30. The monoisotopic (exact) mass is 248 g/mol. The minimum atomic E-state index is 0.719. The van der Waals surface area contributed by atoms with Crippen molar-refractivity contribution in [3.05, 3.63) is 0 Å². The molecule has 2 fully saturated rings. The summed E-state index contributed by atoms with van der Waals surface area (Å²) in [5.41, 5.74) is 0. The van der Waals surface area contributed by atoms with E-state index in [0.29, 0.717) is 0 Å². The average Bonchev–Trinajstić information content (AvgIpc) is 2.38. The number of rotatable bonds is 3. The summed E-state index contributed by atoms with van der Waals surface area (Å²) < 4.78 is 0. The first-order valence-electron chi connectivity index (χ1n) is 7.62. The Balaban J connectivity index is 1.76. The Morgan fingerprint density at radius 2 is 1.89 bits per heavy atom. The van der Waals surface area contributed by atoms with Crippen LogP contribution in [0, 0.1) is 24.2 Å². The lowest BCUT2D eigenvalue weighted by molar-refractivity contribution is 0.158. The largest absolute Gasteiger partial charge is 0.311 e. The van der Waals surface area contributed by atoms with Crippen molar-refractivity contribution in [1.29, 1.82) is 0 Å². The summed E-state index contributed by atoms with van der Waals surface area (Å²) in [5, 5.41) is 3.92. The van der Waals surface area contributed by atoms with E-state index in [1.807, 2.05) is 0 Å². The Bertz CT molecular complexity index is 286. The predicted molar refractivity (Wildman–Crippen MR) is 77.4 cm³/mol. The molecule has 0 aromatic carbocycles. The highest BCUT2D eigenvalue weighted by atomic mass is 15.1. The molecule has 2 heteroatoms. The molecule has 18 heavy (non-hydrogen) atoms. The molecule has 0 radical (unpaired) electrons. The Morgan fingerprint density at radius 1 is 1.17 bits per heavy atom. The van der Waals surface area contributed by atoms with Crippen molar-refractivity contribution in [3.8, 4) is 12.3 Å². The molecule has 1 saturated heterocycles. The van der Waals surface area contributed by atoms with E-state index in [2.05, 4.69) is 30.0 Å². The van der Waals surface area contributed by atoms with Gasteiger partial charge in [0.15, 0.2) is 0 Å². The zero-order chi connectivity index (χ0) is 13.0. The summed E-state index contributed by atoms with van der Waals surface area (Å²) in [6, 6.07) is 1.47. The Kier molecular flexibility index (Phi) is 5.09. The van der Waals surface area contributed by atoms with Crippen LogP contribution in [0.2, 0.25) is 0 Å². The molecule has 0 amide bonds. The Labute approximate surface area is 113 Å². The molecule has 0 spiro atoms. The predicted octanol–water partition coefficient (Wildman–Crippen LogP) is 2.50. The van der Waals surface area contributed by atoms with Gasteiger partial charge in [0.1, 0.15) is 0 Å². The zero-order valence-electron chi connectivity index (χ0n) is 12.0. The fraction of sp³-hybridized carbons (Fsp3) is 0.875. The van der Waals surface area contributed by atoms with Gasteiger partial charge in [0.05, 0.1) is 6.54 Å². The van der Waals surface area contributed by atoms with Crippen LogP contribution in [0.1, 0.15) is 46.0 Å². The van der Waals surface area contributed by atoms with E-state index >= 15 is 0 Å². The molecule has 2 rings (SSSR count). The smallest absolute Gasteiger partial charge is 0.0598 e. The van der Waals surface area contributed by atoms with Crippen LogP contribution in [-0.4, -0.2) is 36.6 Å². The van der Waals surface area contributed by atoms with Crippen molar-refractivity contribution < 1.29 is 0 Å². The summed E-state index contributed by atoms with van der Waals surface area (Å²) in [6.07, 6.45) is 12.1. The van der Waals surface area contributed by atoms with Gasteiger partial charge in [-0.15, -0.1) is 6.42 Å². The van der Waals surface area contributed by atoms with Gasteiger partial charge in [-0.2, -0.15) is 0 Å². The van der Waals surface area contributed by atoms with Gasteiger partial charge in [-0.05, 0) is 31.1 Å². The Morgan fingerprint density at radius 3 is 2.56 bits per heavy atom. The number of terminal acetylenes is 1. The van der Waals surface area contributed by atoms with Crippen molar-refractivity contribution >= 4 is 0 Å². The molecule has 3 unspecified atom stereocenters. The van der Waals surface area contributed by atoms with Gasteiger partial charge in [0.25, 0.3) is 0 Å². The lowest BCUT2D eigenvalue weighted by Crippen LogP contribution is -2.50. The van der Waals surface area contributed by atoms with E-state index in [0.717, 1.165) is 30.5 Å². The van der Waals surface area contributed by atoms with E-state index in [1.165, 1.54) is 45.2 Å². The highest BCUT2D eigenvalue weighted by Crippen LogP contribution is 2.30. The number of hydrogen-bond donors (Lipinski definition) is 1. The Hall–Kier alpha value is -0.520. The van der Waals surface area contributed by atoms with Crippen molar-refractivity contribution in [2.45, 2.75) is 58.0 Å². The van der Waals surface area contributed by atoms with Crippen LogP contribution in [0.5, 0.6) is 0 Å². The normalized spacial score (nSPS) is 35.3. The summed E-state index contributed by atoms with van der Waals surface area (Å²) in [5.74, 6) is 4.47. The van der Waals surface area contributed by atoms with E-state index in [4.69, 9.17) is 6.42 Å². The molecule has 2 aliphatic rings. The zero-order valence-corrected chi connectivity index (χ0v) is 12.0. The van der Waals surface area contributed by atoms with E-state index in [1.54, 1.807) is 0 Å². The number of nitrogens with zero attached hydrogens (tertiary/aromatic N) is 1. The highest BCUT2D eigenvalue weighted by molar-refractivity contribution is 4.92. The molecule has 0 bridgehead atoms. The maximum Gasteiger partial charge on any atom is 0.0598 e. The fourth-order valence-electron chi connectivity index (χ4n) is 3.51. The van der Waals surface area contributed by atoms with Gasteiger partial charge in [0, 0.05) is 25.2 Å². The van der Waals surface area contributed by atoms with Gasteiger partial charge in [-0.3, -0.25) is 4.90 Å². The van der Waals surface area contributed by atoms with Crippen LogP contribution in [0.25, 0.3) is 0 Å². The van der Waals surface area contributed by atoms with Crippen molar-refractivity contribution in [2.75, 3.05) is 19.6 Å². The van der Waals surface area contributed by atoms with Gasteiger partial charge in [-0.25, -0.2) is 0 Å². The lowest BCUT2D eigenvalue weighted by atomic mass is 9.77. The fourth-order valence-corrected chi connectivity index (χ4v) is 3.51. The molecule has 102 valence electrons. The summed E-state index contributed by atoms with van der Waals surface area (Å²) >= 11 is 0. The first-order valence-corrected chi connectivity index (χ1v) is 7.62. The van der Waals surface area contributed by atoms with Crippen LogP contribution in [0.15, 0.2) is 0 Å². The average molecular weight is 248 g/mol. The van der Waals surface area contributed by atoms with Crippen molar-refractivity contribution in [2.24, 2.45) is 11.8 Å². The molecular weight excluding hydrogens is 220 g/mol. The minimum Gasteiger partial charge on any atom is -0.311 e. The summed E-state index contributed by atoms with van der Waals surface area (Å²) in [7, 11) is 0. The summed E-state index contributed by atoms with van der Waals surface area (Å²) in [6.45, 7) is 7.99. The van der Waals surface area contributed by atoms with Gasteiger partial charge in [0.2, 0.25) is 0 Å². The molecule has 0 aromatic rings. The third-order valence-corrected chi connectivity index (χ3v) is 5.06. The van der Waals surface area contributed by atoms with Crippen LogP contribution >= 0.6 is 0 Å². The van der Waals surface area contributed by atoms with Crippen LogP contribution in [0.4, 0.5) is 0 Å². The van der Waals surface area contributed by atoms with Crippen molar-refractivity contribution in [1.82, 2.24) is 10.2 Å². The van der Waals surface area contributed by atoms with E-state index < -0.39 is 0 Å². The first kappa shape index (κ1) is 13.9. The number of likely N-dealkylation sites (tertiary alicyclic amines) is 1. The molecule has 0 aromatic heterocycles. The van der Waals surface area contributed by atoms with Gasteiger partial charge >= 0.3 is 0 Å². The molecule has 1 aliphatic heterocycles. The molecule has 1 N–H and O–H groups in total. The molecule has 1 aliphatic carbocycles. The van der Waals surface area contributed by atoms with E-state index in [9.17, 15) is 0 Å². The van der Waals surface area contributed by atoms with Crippen LogP contribution in [0.3, 0.4) is 0 Å². The second kappa shape index (κ2) is 6.59. The minimum absolute atomic E-state index is 0.719. The van der Waals surface area contributed by atoms with E-state index in [-0.39, 0.29) is 0 Å². The van der Waals surface area contributed by atoms with Gasteiger partial charge in [-0.1, -0.05) is 32.6 Å². The highest BCUT2D eigenvalue weighted by Gasteiger charge is 2.29. The topological polar surface area (TPSA) is 15.3 Å². The maximum atomic E-state index is 5.37. The van der Waals surface area contributed by atoms with Crippen LogP contribution in [-0.2, 0) is 0 Å². The first-order chi connectivity index (χ1) is 8.70. The third-order valence-electron chi connectivity index (χ3n) is 5.06.